The molecule has 0 radical (unpaired) electrons. The Balaban J connectivity index is 1.58. The average molecular weight is 290 g/mol. The first kappa shape index (κ1) is 13.5. The van der Waals surface area contributed by atoms with Crippen molar-refractivity contribution in [3.05, 3.63) is 35.9 Å². The smallest absolute Gasteiger partial charge is 0.202 e. The van der Waals surface area contributed by atoms with Gasteiger partial charge in [0.05, 0.1) is 6.61 Å². The molecule has 6 heteroatoms. The number of nitrogens with one attached hydrogen (secondary N) is 1. The van der Waals surface area contributed by atoms with Gasteiger partial charge in [0.15, 0.2) is 0 Å². The molecule has 0 spiro atoms. The topological polar surface area (TPSA) is 59.9 Å². The molecule has 5 nitrogen and oxygen atoms in total. The number of methoxy groups -OCH3 is 1. The normalized spacial score (nSPS) is 16.1. The zero-order valence-electron chi connectivity index (χ0n) is 11.5. The number of anilines is 1. The molecule has 0 aromatic carbocycles. The molecule has 0 aliphatic heterocycles. The molecular weight excluding hydrogens is 272 g/mol. The molecule has 2 aromatic heterocycles. The van der Waals surface area contributed by atoms with E-state index in [0.29, 0.717) is 6.61 Å². The van der Waals surface area contributed by atoms with Gasteiger partial charge in [0.25, 0.3) is 0 Å². The standard InChI is InChI=1S/C14H18N4OS/c1-19-9-5-12-17-13(20-18-12)16-10-14(6-7-14)11-4-2-3-8-15-11/h2-4,8H,5-7,9-10H2,1H3,(H,16,17,18). The third kappa shape index (κ3) is 2.96. The van der Waals surface area contributed by atoms with Crippen molar-refractivity contribution in [2.75, 3.05) is 25.6 Å². The number of ether oxygens (including phenoxy) is 1. The van der Waals surface area contributed by atoms with Gasteiger partial charge in [-0.2, -0.15) is 4.37 Å². The summed E-state index contributed by atoms with van der Waals surface area (Å²) in [4.78, 5) is 8.95. The summed E-state index contributed by atoms with van der Waals surface area (Å²) in [6.07, 6.45) is 5.00. The molecule has 0 saturated heterocycles. The van der Waals surface area contributed by atoms with E-state index in [1.165, 1.54) is 30.1 Å². The Morgan fingerprint density at radius 1 is 1.40 bits per heavy atom. The molecule has 0 amide bonds. The van der Waals surface area contributed by atoms with Crippen LogP contribution in [0.1, 0.15) is 24.4 Å². The highest BCUT2D eigenvalue weighted by Crippen LogP contribution is 2.47. The lowest BCUT2D eigenvalue weighted by molar-refractivity contribution is 0.201. The SMILES string of the molecule is COCCc1nsc(NCC2(c3ccccn3)CC2)n1. The number of hydrogen-bond acceptors (Lipinski definition) is 6. The molecule has 2 aromatic rings. The van der Waals surface area contributed by atoms with Gasteiger partial charge in [0, 0.05) is 48.9 Å². The summed E-state index contributed by atoms with van der Waals surface area (Å²) in [6, 6.07) is 6.12. The third-order valence-electron chi connectivity index (χ3n) is 3.64. The first-order valence-electron chi connectivity index (χ1n) is 6.79. The summed E-state index contributed by atoms with van der Waals surface area (Å²) in [5, 5.41) is 4.29. The van der Waals surface area contributed by atoms with Crippen LogP contribution in [0.15, 0.2) is 24.4 Å². The van der Waals surface area contributed by atoms with E-state index >= 15 is 0 Å². The van der Waals surface area contributed by atoms with Crippen LogP contribution in [0.25, 0.3) is 0 Å². The van der Waals surface area contributed by atoms with Crippen molar-refractivity contribution in [1.29, 1.82) is 0 Å². The maximum atomic E-state index is 5.03. The summed E-state index contributed by atoms with van der Waals surface area (Å²) < 4.78 is 9.35. The van der Waals surface area contributed by atoms with E-state index in [1.807, 2.05) is 12.3 Å². The molecule has 0 atom stereocenters. The van der Waals surface area contributed by atoms with Gasteiger partial charge in [0.2, 0.25) is 5.13 Å². The number of hydrogen-bond donors (Lipinski definition) is 1. The largest absolute Gasteiger partial charge is 0.384 e. The lowest BCUT2D eigenvalue weighted by Crippen LogP contribution is -2.20. The van der Waals surface area contributed by atoms with Crippen molar-refractivity contribution >= 4 is 16.7 Å². The van der Waals surface area contributed by atoms with Crippen LogP contribution in [0, 0.1) is 0 Å². The first-order valence-corrected chi connectivity index (χ1v) is 7.57. The molecule has 1 N–H and O–H groups in total. The number of aromatic nitrogens is 3. The van der Waals surface area contributed by atoms with Crippen LogP contribution in [0.3, 0.4) is 0 Å². The number of pyridine rings is 1. The summed E-state index contributed by atoms with van der Waals surface area (Å²) in [5.74, 6) is 0.849. The van der Waals surface area contributed by atoms with Crippen LogP contribution < -0.4 is 5.32 Å². The predicted molar refractivity (Wildman–Crippen MR) is 79.1 cm³/mol. The predicted octanol–water partition coefficient (Wildman–Crippen LogP) is 2.27. The van der Waals surface area contributed by atoms with Gasteiger partial charge in [-0.3, -0.25) is 4.98 Å². The quantitative estimate of drug-likeness (QED) is 0.847. The number of nitrogens with zero attached hydrogens (tertiary/aromatic N) is 3. The zero-order chi connectivity index (χ0) is 13.8. The lowest BCUT2D eigenvalue weighted by atomic mass is 10.0. The average Bonchev–Trinajstić information content (AvgIpc) is 3.16. The van der Waals surface area contributed by atoms with Gasteiger partial charge in [-0.1, -0.05) is 6.07 Å². The van der Waals surface area contributed by atoms with Crippen LogP contribution in [-0.4, -0.2) is 34.6 Å². The monoisotopic (exact) mass is 290 g/mol. The second-order valence-electron chi connectivity index (χ2n) is 5.11. The summed E-state index contributed by atoms with van der Waals surface area (Å²) in [5.41, 5.74) is 1.37. The van der Waals surface area contributed by atoms with Crippen LogP contribution in [0.4, 0.5) is 5.13 Å². The van der Waals surface area contributed by atoms with E-state index in [4.69, 9.17) is 4.74 Å². The van der Waals surface area contributed by atoms with Crippen molar-refractivity contribution in [2.24, 2.45) is 0 Å². The van der Waals surface area contributed by atoms with E-state index in [0.717, 1.165) is 23.9 Å². The number of rotatable bonds is 7. The van der Waals surface area contributed by atoms with Gasteiger partial charge in [-0.05, 0) is 25.0 Å². The summed E-state index contributed by atoms with van der Waals surface area (Å²) in [7, 11) is 1.69. The fraction of sp³-hybridized carbons (Fsp3) is 0.500. The zero-order valence-corrected chi connectivity index (χ0v) is 12.3. The van der Waals surface area contributed by atoms with Gasteiger partial charge in [0.1, 0.15) is 5.82 Å². The highest BCUT2D eigenvalue weighted by atomic mass is 32.1. The van der Waals surface area contributed by atoms with E-state index < -0.39 is 0 Å². The third-order valence-corrected chi connectivity index (χ3v) is 4.35. The van der Waals surface area contributed by atoms with Crippen LogP contribution in [0.5, 0.6) is 0 Å². The van der Waals surface area contributed by atoms with Crippen LogP contribution in [0.2, 0.25) is 0 Å². The lowest BCUT2D eigenvalue weighted by Gasteiger charge is -2.14. The Morgan fingerprint density at radius 2 is 2.30 bits per heavy atom. The Hall–Kier alpha value is -1.53. The van der Waals surface area contributed by atoms with Crippen molar-refractivity contribution in [3.8, 4) is 0 Å². The fourth-order valence-corrected chi connectivity index (χ4v) is 2.82. The molecule has 1 fully saturated rings. The summed E-state index contributed by atoms with van der Waals surface area (Å²) in [6.45, 7) is 1.54. The molecule has 1 aliphatic rings. The highest BCUT2D eigenvalue weighted by molar-refractivity contribution is 7.09. The second kappa shape index (κ2) is 5.85. The molecule has 2 heterocycles. The van der Waals surface area contributed by atoms with Crippen molar-refractivity contribution < 1.29 is 4.74 Å². The van der Waals surface area contributed by atoms with E-state index in [9.17, 15) is 0 Å². The molecule has 1 saturated carbocycles. The Morgan fingerprint density at radius 3 is 3.00 bits per heavy atom. The molecule has 0 bridgehead atoms. The van der Waals surface area contributed by atoms with E-state index in [2.05, 4.69) is 31.8 Å². The first-order chi connectivity index (χ1) is 9.82. The molecule has 20 heavy (non-hydrogen) atoms. The van der Waals surface area contributed by atoms with Gasteiger partial charge in [-0.25, -0.2) is 4.98 Å². The Bertz CT molecular complexity index is 553. The van der Waals surface area contributed by atoms with Gasteiger partial charge < -0.3 is 10.1 Å². The molecule has 0 unspecified atom stereocenters. The Labute approximate surface area is 122 Å². The van der Waals surface area contributed by atoms with Crippen LogP contribution >= 0.6 is 11.5 Å². The minimum Gasteiger partial charge on any atom is -0.384 e. The van der Waals surface area contributed by atoms with E-state index in [-0.39, 0.29) is 5.41 Å². The molecular formula is C14H18N4OS. The van der Waals surface area contributed by atoms with Gasteiger partial charge >= 0.3 is 0 Å². The van der Waals surface area contributed by atoms with Crippen molar-refractivity contribution in [1.82, 2.24) is 14.3 Å². The Kier molecular flexibility index (Phi) is 3.93. The van der Waals surface area contributed by atoms with Crippen molar-refractivity contribution in [3.63, 3.8) is 0 Å². The van der Waals surface area contributed by atoms with E-state index in [1.54, 1.807) is 7.11 Å². The van der Waals surface area contributed by atoms with Crippen LogP contribution in [-0.2, 0) is 16.6 Å². The second-order valence-corrected chi connectivity index (χ2v) is 5.86. The maximum absolute atomic E-state index is 5.03. The van der Waals surface area contributed by atoms with Gasteiger partial charge in [-0.15, -0.1) is 0 Å². The maximum Gasteiger partial charge on any atom is 0.202 e. The molecule has 3 rings (SSSR count). The van der Waals surface area contributed by atoms with Crippen molar-refractivity contribution in [2.45, 2.75) is 24.7 Å². The molecule has 106 valence electrons. The fourth-order valence-electron chi connectivity index (χ4n) is 2.22. The minimum atomic E-state index is 0.194. The minimum absolute atomic E-state index is 0.194. The summed E-state index contributed by atoms with van der Waals surface area (Å²) >= 11 is 1.42. The highest BCUT2D eigenvalue weighted by Gasteiger charge is 2.45. The molecule has 1 aliphatic carbocycles.